The van der Waals surface area contributed by atoms with E-state index in [0.717, 1.165) is 12.3 Å². The lowest BCUT2D eigenvalue weighted by Crippen LogP contribution is -2.23. The van der Waals surface area contributed by atoms with Gasteiger partial charge in [-0.05, 0) is 42.2 Å². The van der Waals surface area contributed by atoms with E-state index in [2.05, 4.69) is 4.98 Å². The molecular formula is C16H11ClF4N2O. The van der Waals surface area contributed by atoms with Crippen molar-refractivity contribution < 1.29 is 22.4 Å². The molecule has 1 aliphatic carbocycles. The highest BCUT2D eigenvalue weighted by molar-refractivity contribution is 6.30. The summed E-state index contributed by atoms with van der Waals surface area (Å²) in [5.74, 6) is -2.41. The molecular weight excluding hydrogens is 348 g/mol. The molecule has 0 bridgehead atoms. The van der Waals surface area contributed by atoms with E-state index in [-0.39, 0.29) is 10.7 Å². The third kappa shape index (κ3) is 2.73. The predicted molar refractivity (Wildman–Crippen MR) is 79.3 cm³/mol. The number of pyridine rings is 1. The van der Waals surface area contributed by atoms with Crippen LogP contribution in [0.15, 0.2) is 24.4 Å². The Balaban J connectivity index is 2.22. The number of hydrogen-bond acceptors (Lipinski definition) is 2. The van der Waals surface area contributed by atoms with Crippen molar-refractivity contribution in [3.8, 4) is 0 Å². The minimum Gasteiger partial charge on any atom is -0.366 e. The van der Waals surface area contributed by atoms with Crippen LogP contribution in [0.1, 0.15) is 45.1 Å². The molecule has 0 radical (unpaired) electrons. The second kappa shape index (κ2) is 5.73. The molecule has 24 heavy (non-hydrogen) atoms. The van der Waals surface area contributed by atoms with Gasteiger partial charge in [0.2, 0.25) is 0 Å². The molecule has 8 heteroatoms. The Morgan fingerprint density at radius 3 is 2.67 bits per heavy atom. The normalized spacial score (nSPS) is 17.0. The zero-order valence-electron chi connectivity index (χ0n) is 12.1. The second-order valence-electron chi connectivity index (χ2n) is 5.53. The molecule has 2 aromatic rings. The van der Waals surface area contributed by atoms with Gasteiger partial charge < -0.3 is 5.73 Å². The molecule has 2 N–H and O–H groups in total. The third-order valence-corrected chi connectivity index (χ3v) is 4.33. The molecule has 0 spiro atoms. The number of amides is 1. The predicted octanol–water partition coefficient (Wildman–Crippen LogP) is 4.07. The van der Waals surface area contributed by atoms with Gasteiger partial charge in [-0.1, -0.05) is 11.6 Å². The fraction of sp³-hybridized carbons (Fsp3) is 0.250. The number of fused-ring (bicyclic) bond motifs is 1. The number of carbonyl (C=O) groups is 1. The van der Waals surface area contributed by atoms with E-state index in [1.54, 1.807) is 0 Å². The second-order valence-corrected chi connectivity index (χ2v) is 5.96. The number of nitrogens with two attached hydrogens (primary N) is 1. The van der Waals surface area contributed by atoms with E-state index in [9.17, 15) is 22.4 Å². The van der Waals surface area contributed by atoms with E-state index in [1.807, 2.05) is 0 Å². The summed E-state index contributed by atoms with van der Waals surface area (Å²) in [6.45, 7) is 0. The van der Waals surface area contributed by atoms with Crippen LogP contribution < -0.4 is 5.73 Å². The van der Waals surface area contributed by atoms with Crippen molar-refractivity contribution in [3.63, 3.8) is 0 Å². The van der Waals surface area contributed by atoms with Crippen molar-refractivity contribution in [2.75, 3.05) is 0 Å². The smallest absolute Gasteiger partial charge is 0.366 e. The maximum Gasteiger partial charge on any atom is 0.417 e. The molecule has 0 unspecified atom stereocenters. The van der Waals surface area contributed by atoms with Crippen LogP contribution in [0.4, 0.5) is 17.6 Å². The van der Waals surface area contributed by atoms with Gasteiger partial charge in [-0.25, -0.2) is 4.39 Å². The highest BCUT2D eigenvalue weighted by Crippen LogP contribution is 2.43. The van der Waals surface area contributed by atoms with Gasteiger partial charge in [-0.3, -0.25) is 9.78 Å². The SMILES string of the molecule is NC(=O)c1c(C(F)(F)F)ccnc1[C@@H]1CCc2c(F)cc(Cl)cc21. The van der Waals surface area contributed by atoms with Crippen molar-refractivity contribution in [1.82, 2.24) is 4.98 Å². The molecule has 1 atom stereocenters. The Hall–Kier alpha value is -2.15. The van der Waals surface area contributed by atoms with E-state index >= 15 is 0 Å². The molecule has 0 fully saturated rings. The molecule has 126 valence electrons. The third-order valence-electron chi connectivity index (χ3n) is 4.12. The summed E-state index contributed by atoms with van der Waals surface area (Å²) in [6.07, 6.45) is -3.13. The van der Waals surface area contributed by atoms with Crippen molar-refractivity contribution in [1.29, 1.82) is 0 Å². The number of nitrogens with zero attached hydrogens (tertiary/aromatic N) is 1. The van der Waals surface area contributed by atoms with Gasteiger partial charge >= 0.3 is 6.18 Å². The lowest BCUT2D eigenvalue weighted by Gasteiger charge is -2.18. The van der Waals surface area contributed by atoms with Gasteiger partial charge in [-0.15, -0.1) is 0 Å². The van der Waals surface area contributed by atoms with Gasteiger partial charge in [0.15, 0.2) is 0 Å². The van der Waals surface area contributed by atoms with Crippen LogP contribution >= 0.6 is 11.6 Å². The van der Waals surface area contributed by atoms with Crippen molar-refractivity contribution in [3.05, 3.63) is 63.2 Å². The number of primary amides is 1. The van der Waals surface area contributed by atoms with Crippen molar-refractivity contribution >= 4 is 17.5 Å². The van der Waals surface area contributed by atoms with Gasteiger partial charge in [-0.2, -0.15) is 13.2 Å². The average Bonchev–Trinajstić information content (AvgIpc) is 2.89. The Morgan fingerprint density at radius 2 is 2.04 bits per heavy atom. The first-order valence-electron chi connectivity index (χ1n) is 7.04. The lowest BCUT2D eigenvalue weighted by molar-refractivity contribution is -0.138. The first kappa shape index (κ1) is 16.7. The highest BCUT2D eigenvalue weighted by Gasteiger charge is 2.39. The number of hydrogen-bond donors (Lipinski definition) is 1. The lowest BCUT2D eigenvalue weighted by atomic mass is 9.91. The maximum atomic E-state index is 14.0. The number of aromatic nitrogens is 1. The molecule has 1 aromatic heterocycles. The van der Waals surface area contributed by atoms with Gasteiger partial charge in [0.05, 0.1) is 16.8 Å². The molecule has 3 nitrogen and oxygen atoms in total. The zero-order chi connectivity index (χ0) is 17.6. The first-order valence-corrected chi connectivity index (χ1v) is 7.41. The molecule has 0 saturated heterocycles. The summed E-state index contributed by atoms with van der Waals surface area (Å²) in [5.41, 5.74) is 4.07. The monoisotopic (exact) mass is 358 g/mol. The van der Waals surface area contributed by atoms with Gasteiger partial charge in [0.1, 0.15) is 5.82 Å². The molecule has 1 amide bonds. The summed E-state index contributed by atoms with van der Waals surface area (Å²) >= 11 is 5.86. The van der Waals surface area contributed by atoms with E-state index < -0.39 is 34.9 Å². The summed E-state index contributed by atoms with van der Waals surface area (Å²) in [6, 6.07) is 3.35. The molecule has 0 aliphatic heterocycles. The molecule has 0 saturated carbocycles. The number of halogens is 5. The zero-order valence-corrected chi connectivity index (χ0v) is 12.9. The van der Waals surface area contributed by atoms with Crippen LogP contribution in [0.25, 0.3) is 0 Å². The first-order chi connectivity index (χ1) is 11.2. The fourth-order valence-electron chi connectivity index (χ4n) is 3.16. The van der Waals surface area contributed by atoms with Gasteiger partial charge in [0.25, 0.3) is 5.91 Å². The molecule has 1 heterocycles. The van der Waals surface area contributed by atoms with Crippen LogP contribution in [0, 0.1) is 5.82 Å². The summed E-state index contributed by atoms with van der Waals surface area (Å²) in [5, 5.41) is 0.130. The van der Waals surface area contributed by atoms with E-state index in [0.29, 0.717) is 30.0 Å². The van der Waals surface area contributed by atoms with E-state index in [1.165, 1.54) is 6.07 Å². The Morgan fingerprint density at radius 1 is 1.33 bits per heavy atom. The fourth-order valence-corrected chi connectivity index (χ4v) is 3.38. The Bertz CT molecular complexity index is 836. The Kier molecular flexibility index (Phi) is 3.99. The topological polar surface area (TPSA) is 56.0 Å². The van der Waals surface area contributed by atoms with Crippen molar-refractivity contribution in [2.24, 2.45) is 5.73 Å². The average molecular weight is 359 g/mol. The van der Waals surface area contributed by atoms with Crippen LogP contribution in [0.3, 0.4) is 0 Å². The minimum absolute atomic E-state index is 0.0993. The number of carbonyl (C=O) groups excluding carboxylic acids is 1. The quantitative estimate of drug-likeness (QED) is 0.823. The van der Waals surface area contributed by atoms with Gasteiger partial charge in [0, 0.05) is 17.1 Å². The highest BCUT2D eigenvalue weighted by atomic mass is 35.5. The van der Waals surface area contributed by atoms with Crippen LogP contribution in [0.5, 0.6) is 0 Å². The molecule has 1 aliphatic rings. The van der Waals surface area contributed by atoms with Crippen LogP contribution in [-0.4, -0.2) is 10.9 Å². The van der Waals surface area contributed by atoms with E-state index in [4.69, 9.17) is 17.3 Å². The molecule has 1 aromatic carbocycles. The number of rotatable bonds is 2. The molecule has 3 rings (SSSR count). The minimum atomic E-state index is -4.75. The largest absolute Gasteiger partial charge is 0.417 e. The van der Waals surface area contributed by atoms with Crippen molar-refractivity contribution in [2.45, 2.75) is 24.9 Å². The summed E-state index contributed by atoms with van der Waals surface area (Å²) in [7, 11) is 0. The number of benzene rings is 1. The summed E-state index contributed by atoms with van der Waals surface area (Å²) in [4.78, 5) is 15.6. The van der Waals surface area contributed by atoms with Crippen LogP contribution in [0.2, 0.25) is 5.02 Å². The Labute approximate surface area is 139 Å². The maximum absolute atomic E-state index is 14.0. The summed E-state index contributed by atoms with van der Waals surface area (Å²) < 4.78 is 53.5. The standard InChI is InChI=1S/C16H11ClF4N2O/c17-7-5-10-8(12(18)6-7)1-2-9(10)14-13(15(22)24)11(3-4-23-14)16(19,20)21/h3-6,9H,1-2H2,(H2,22,24)/t9-/m1/s1. The number of alkyl halides is 3. The van der Waals surface area contributed by atoms with Crippen LogP contribution in [-0.2, 0) is 12.6 Å².